The number of carbonyl (C=O) groups is 1. The predicted octanol–water partition coefficient (Wildman–Crippen LogP) is 2.26. The molecule has 0 bridgehead atoms. The van der Waals surface area contributed by atoms with Crippen molar-refractivity contribution in [3.05, 3.63) is 33.8 Å². The summed E-state index contributed by atoms with van der Waals surface area (Å²) in [5, 5.41) is 13.7. The highest BCUT2D eigenvalue weighted by molar-refractivity contribution is 6.36. The first-order valence-corrected chi connectivity index (χ1v) is 6.75. The zero-order chi connectivity index (χ0) is 14.0. The average Bonchev–Trinajstić information content (AvgIpc) is 2.67. The van der Waals surface area contributed by atoms with Gasteiger partial charge in [-0.1, -0.05) is 23.2 Å². The molecular formula is C13H15Cl2NO3. The van der Waals surface area contributed by atoms with Crippen molar-refractivity contribution in [3.8, 4) is 0 Å². The highest BCUT2D eigenvalue weighted by atomic mass is 35.5. The van der Waals surface area contributed by atoms with Crippen LogP contribution in [0.1, 0.15) is 23.7 Å². The van der Waals surface area contributed by atoms with Crippen LogP contribution in [-0.4, -0.2) is 35.9 Å². The first kappa shape index (κ1) is 14.6. The maximum atomic E-state index is 12.0. The highest BCUT2D eigenvalue weighted by Crippen LogP contribution is 2.25. The zero-order valence-electron chi connectivity index (χ0n) is 10.5. The molecule has 0 aromatic heterocycles. The molecule has 2 atom stereocenters. The molecule has 1 amide bonds. The maximum Gasteiger partial charge on any atom is 0.252 e. The smallest absolute Gasteiger partial charge is 0.252 e. The molecule has 0 aliphatic carbocycles. The number of carbonyl (C=O) groups excluding carboxylic acids is 1. The van der Waals surface area contributed by atoms with Gasteiger partial charge in [-0.2, -0.15) is 0 Å². The van der Waals surface area contributed by atoms with Crippen LogP contribution in [0.3, 0.4) is 0 Å². The number of amides is 1. The quantitative estimate of drug-likeness (QED) is 0.900. The third-order valence-corrected chi connectivity index (χ3v) is 3.94. The van der Waals surface area contributed by atoms with Crippen LogP contribution in [0.25, 0.3) is 0 Å². The predicted molar refractivity (Wildman–Crippen MR) is 73.8 cm³/mol. The van der Waals surface area contributed by atoms with Crippen molar-refractivity contribution in [2.45, 2.75) is 25.0 Å². The fourth-order valence-electron chi connectivity index (χ4n) is 2.01. The van der Waals surface area contributed by atoms with Gasteiger partial charge in [0.25, 0.3) is 5.91 Å². The Kier molecular flexibility index (Phi) is 4.36. The Bertz CT molecular complexity index is 495. The minimum absolute atomic E-state index is 0.131. The van der Waals surface area contributed by atoms with Crippen LogP contribution in [0.5, 0.6) is 0 Å². The summed E-state index contributed by atoms with van der Waals surface area (Å²) in [7, 11) is 0. The summed E-state index contributed by atoms with van der Waals surface area (Å²) in [6, 6.07) is 4.66. The molecule has 1 saturated heterocycles. The van der Waals surface area contributed by atoms with Crippen LogP contribution in [0.4, 0.5) is 0 Å². The monoisotopic (exact) mass is 303 g/mol. The van der Waals surface area contributed by atoms with E-state index in [1.54, 1.807) is 19.1 Å². The molecule has 104 valence electrons. The molecule has 1 fully saturated rings. The summed E-state index contributed by atoms with van der Waals surface area (Å²) in [5.41, 5.74) is -0.685. The van der Waals surface area contributed by atoms with Crippen LogP contribution in [0.2, 0.25) is 10.0 Å². The van der Waals surface area contributed by atoms with E-state index in [2.05, 4.69) is 5.32 Å². The summed E-state index contributed by atoms with van der Waals surface area (Å²) in [4.78, 5) is 12.0. The molecule has 1 aliphatic rings. The second-order valence-corrected chi connectivity index (χ2v) is 5.52. The van der Waals surface area contributed by atoms with Crippen molar-refractivity contribution >= 4 is 29.1 Å². The molecule has 0 saturated carbocycles. The van der Waals surface area contributed by atoms with Crippen LogP contribution < -0.4 is 5.32 Å². The second-order valence-electron chi connectivity index (χ2n) is 4.67. The van der Waals surface area contributed by atoms with Crippen LogP contribution in [0, 0.1) is 0 Å². The number of ether oxygens (including phenoxy) is 1. The number of benzene rings is 1. The number of hydrogen-bond donors (Lipinski definition) is 2. The van der Waals surface area contributed by atoms with Crippen molar-refractivity contribution in [2.24, 2.45) is 0 Å². The zero-order valence-corrected chi connectivity index (χ0v) is 12.0. The Morgan fingerprint density at radius 1 is 1.58 bits per heavy atom. The summed E-state index contributed by atoms with van der Waals surface area (Å²) in [5.74, 6) is -0.339. The second kappa shape index (κ2) is 5.67. The molecule has 1 aliphatic heterocycles. The molecule has 2 unspecified atom stereocenters. The molecule has 2 rings (SSSR count). The summed E-state index contributed by atoms with van der Waals surface area (Å²) in [6.45, 7) is 2.41. The van der Waals surface area contributed by atoms with Gasteiger partial charge >= 0.3 is 0 Å². The third-order valence-electron chi connectivity index (χ3n) is 3.39. The van der Waals surface area contributed by atoms with Crippen molar-refractivity contribution in [1.29, 1.82) is 0 Å². The first-order chi connectivity index (χ1) is 8.92. The Labute approximate surface area is 121 Å². The lowest BCUT2D eigenvalue weighted by Gasteiger charge is -2.26. The lowest BCUT2D eigenvalue weighted by molar-refractivity contribution is -0.0251. The number of aliphatic hydroxyl groups is 1. The first-order valence-electron chi connectivity index (χ1n) is 5.99. The van der Waals surface area contributed by atoms with E-state index in [4.69, 9.17) is 27.9 Å². The molecule has 1 aromatic carbocycles. The minimum atomic E-state index is -1.02. The Hall–Kier alpha value is -0.810. The van der Waals surface area contributed by atoms with E-state index in [0.717, 1.165) is 0 Å². The average molecular weight is 304 g/mol. The summed E-state index contributed by atoms with van der Waals surface area (Å²) in [6.07, 6.45) is 0.205. The van der Waals surface area contributed by atoms with E-state index in [0.29, 0.717) is 23.6 Å². The minimum Gasteiger partial charge on any atom is -0.385 e. The van der Waals surface area contributed by atoms with E-state index in [1.165, 1.54) is 6.07 Å². The highest BCUT2D eigenvalue weighted by Gasteiger charge is 2.39. The third kappa shape index (κ3) is 3.20. The fraction of sp³-hybridized carbons (Fsp3) is 0.462. The largest absolute Gasteiger partial charge is 0.385 e. The number of nitrogens with one attached hydrogen (secondary N) is 1. The SMILES string of the molecule is CC1OCCC1(O)CNC(=O)c1ccc(Cl)cc1Cl. The molecule has 4 nitrogen and oxygen atoms in total. The maximum absolute atomic E-state index is 12.0. The van der Waals surface area contributed by atoms with Gasteiger partial charge in [-0.3, -0.25) is 4.79 Å². The van der Waals surface area contributed by atoms with Crippen molar-refractivity contribution in [3.63, 3.8) is 0 Å². The fourth-order valence-corrected chi connectivity index (χ4v) is 2.50. The summed E-state index contributed by atoms with van der Waals surface area (Å²) >= 11 is 11.7. The standard InChI is InChI=1S/C13H15Cl2NO3/c1-8-13(18,4-5-19-8)7-16-12(17)10-3-2-9(14)6-11(10)15/h2-3,6,8,18H,4-5,7H2,1H3,(H,16,17). The molecule has 6 heteroatoms. The topological polar surface area (TPSA) is 58.6 Å². The molecule has 0 radical (unpaired) electrons. The molecule has 19 heavy (non-hydrogen) atoms. The van der Waals surface area contributed by atoms with Crippen molar-refractivity contribution in [2.75, 3.05) is 13.2 Å². The lowest BCUT2D eigenvalue weighted by atomic mass is 9.96. The van der Waals surface area contributed by atoms with Gasteiger partial charge in [-0.15, -0.1) is 0 Å². The number of hydrogen-bond acceptors (Lipinski definition) is 3. The van der Waals surface area contributed by atoms with E-state index in [1.807, 2.05) is 0 Å². The van der Waals surface area contributed by atoms with Gasteiger partial charge in [-0.05, 0) is 25.1 Å². The summed E-state index contributed by atoms with van der Waals surface area (Å²) < 4.78 is 5.30. The Morgan fingerprint density at radius 3 is 2.89 bits per heavy atom. The lowest BCUT2D eigenvalue weighted by Crippen LogP contribution is -2.47. The van der Waals surface area contributed by atoms with E-state index >= 15 is 0 Å². The van der Waals surface area contributed by atoms with E-state index < -0.39 is 5.60 Å². The van der Waals surface area contributed by atoms with Gasteiger partial charge in [0.15, 0.2) is 0 Å². The van der Waals surface area contributed by atoms with Gasteiger partial charge in [0.1, 0.15) is 5.60 Å². The van der Waals surface area contributed by atoms with E-state index in [-0.39, 0.29) is 23.6 Å². The van der Waals surface area contributed by atoms with Crippen LogP contribution in [0.15, 0.2) is 18.2 Å². The number of halogens is 2. The molecule has 0 spiro atoms. The van der Waals surface area contributed by atoms with E-state index in [9.17, 15) is 9.90 Å². The molecule has 1 heterocycles. The van der Waals surface area contributed by atoms with Gasteiger partial charge in [-0.25, -0.2) is 0 Å². The Balaban J connectivity index is 2.02. The van der Waals surface area contributed by atoms with Crippen molar-refractivity contribution < 1.29 is 14.6 Å². The van der Waals surface area contributed by atoms with Crippen molar-refractivity contribution in [1.82, 2.24) is 5.32 Å². The van der Waals surface area contributed by atoms with Crippen LogP contribution >= 0.6 is 23.2 Å². The normalized spacial score (nSPS) is 26.4. The van der Waals surface area contributed by atoms with Gasteiger partial charge in [0.2, 0.25) is 0 Å². The van der Waals surface area contributed by atoms with Gasteiger partial charge < -0.3 is 15.2 Å². The number of rotatable bonds is 3. The van der Waals surface area contributed by atoms with Gasteiger partial charge in [0, 0.05) is 24.6 Å². The molecule has 1 aromatic rings. The molecular weight excluding hydrogens is 289 g/mol. The van der Waals surface area contributed by atoms with Crippen LogP contribution in [-0.2, 0) is 4.74 Å². The van der Waals surface area contributed by atoms with Gasteiger partial charge in [0.05, 0.1) is 16.7 Å². The molecule has 2 N–H and O–H groups in total. The Morgan fingerprint density at radius 2 is 2.32 bits per heavy atom.